The molecule has 2 aromatic heterocycles. The van der Waals surface area contributed by atoms with Crippen LogP contribution in [0, 0.1) is 0 Å². The monoisotopic (exact) mass is 294 g/mol. The Bertz CT molecular complexity index is 577. The van der Waals surface area contributed by atoms with E-state index in [-0.39, 0.29) is 11.7 Å². The lowest BCUT2D eigenvalue weighted by atomic mass is 10.2. The first kappa shape index (κ1) is 13.2. The van der Waals surface area contributed by atoms with Crippen molar-refractivity contribution in [3.63, 3.8) is 0 Å². The van der Waals surface area contributed by atoms with Crippen LogP contribution in [0.2, 0.25) is 0 Å². The second-order valence-electron chi connectivity index (χ2n) is 4.43. The fraction of sp³-hybridized carbons (Fsp3) is 0.417. The molecule has 8 heteroatoms. The maximum absolute atomic E-state index is 11.0. The highest BCUT2D eigenvalue weighted by atomic mass is 32.1. The van der Waals surface area contributed by atoms with Gasteiger partial charge in [-0.15, -0.1) is 11.3 Å². The number of thiazole rings is 1. The number of H-pyrrole nitrogens is 1. The summed E-state index contributed by atoms with van der Waals surface area (Å²) < 4.78 is 5.37. The number of nitrogens with zero attached hydrogens (tertiary/aromatic N) is 3. The van der Waals surface area contributed by atoms with Crippen LogP contribution in [0.15, 0.2) is 17.9 Å². The van der Waals surface area contributed by atoms with Crippen LogP contribution in [0.3, 0.4) is 0 Å². The molecule has 3 rings (SSSR count). The summed E-state index contributed by atoms with van der Waals surface area (Å²) in [4.78, 5) is 24.6. The van der Waals surface area contributed by atoms with Gasteiger partial charge in [-0.3, -0.25) is 4.90 Å². The number of morpholine rings is 1. The molecule has 0 amide bonds. The number of imidazole rings is 1. The van der Waals surface area contributed by atoms with Gasteiger partial charge in [-0.2, -0.15) is 0 Å². The van der Waals surface area contributed by atoms with E-state index in [4.69, 9.17) is 9.84 Å². The van der Waals surface area contributed by atoms with Crippen molar-refractivity contribution in [2.24, 2.45) is 0 Å². The molecule has 106 valence electrons. The molecular formula is C12H14N4O3S. The van der Waals surface area contributed by atoms with Gasteiger partial charge in [-0.25, -0.2) is 14.8 Å². The van der Waals surface area contributed by atoms with E-state index in [1.54, 1.807) is 17.9 Å². The number of aromatic nitrogens is 3. The molecule has 1 aliphatic heterocycles. The van der Waals surface area contributed by atoms with Crippen LogP contribution < -0.4 is 0 Å². The molecule has 1 atom stereocenters. The first-order valence-corrected chi connectivity index (χ1v) is 7.12. The fourth-order valence-electron chi connectivity index (χ4n) is 2.25. The third kappa shape index (κ3) is 2.58. The molecular weight excluding hydrogens is 280 g/mol. The molecule has 0 aromatic carbocycles. The molecule has 2 N–H and O–H groups in total. The van der Waals surface area contributed by atoms with Crippen LogP contribution in [-0.4, -0.2) is 57.2 Å². The number of hydrogen-bond donors (Lipinski definition) is 2. The van der Waals surface area contributed by atoms with Crippen molar-refractivity contribution in [3.8, 4) is 0 Å². The Hall–Kier alpha value is -1.77. The fourth-order valence-corrected chi connectivity index (χ4v) is 3.19. The smallest absolute Gasteiger partial charge is 0.355 e. The van der Waals surface area contributed by atoms with Crippen molar-refractivity contribution in [3.05, 3.63) is 34.3 Å². The lowest BCUT2D eigenvalue weighted by Gasteiger charge is -2.32. The Kier molecular flexibility index (Phi) is 3.77. The van der Waals surface area contributed by atoms with Gasteiger partial charge < -0.3 is 14.8 Å². The predicted octanol–water partition coefficient (Wildman–Crippen LogP) is 0.986. The summed E-state index contributed by atoms with van der Waals surface area (Å²) in [7, 11) is 0. The van der Waals surface area contributed by atoms with E-state index < -0.39 is 5.97 Å². The second-order valence-corrected chi connectivity index (χ2v) is 5.32. The van der Waals surface area contributed by atoms with Gasteiger partial charge in [0.05, 0.1) is 25.2 Å². The van der Waals surface area contributed by atoms with Gasteiger partial charge in [0.1, 0.15) is 11.0 Å². The summed E-state index contributed by atoms with van der Waals surface area (Å²) in [5.74, 6) is -1.00. The highest BCUT2D eigenvalue weighted by molar-refractivity contribution is 7.09. The van der Waals surface area contributed by atoms with Crippen LogP contribution in [-0.2, 0) is 4.74 Å². The lowest BCUT2D eigenvalue weighted by molar-refractivity contribution is 0.0232. The predicted molar refractivity (Wildman–Crippen MR) is 71.9 cm³/mol. The van der Waals surface area contributed by atoms with Crippen molar-refractivity contribution in [1.29, 1.82) is 0 Å². The molecule has 1 unspecified atom stereocenters. The molecule has 3 heterocycles. The van der Waals surface area contributed by atoms with Gasteiger partial charge in [-0.05, 0) is 0 Å². The maximum atomic E-state index is 11.0. The average Bonchev–Trinajstić information content (AvgIpc) is 3.12. The maximum Gasteiger partial charge on any atom is 0.355 e. The van der Waals surface area contributed by atoms with Gasteiger partial charge >= 0.3 is 5.97 Å². The summed E-state index contributed by atoms with van der Waals surface area (Å²) >= 11 is 1.36. The number of rotatable bonds is 4. The van der Waals surface area contributed by atoms with Crippen molar-refractivity contribution in [2.75, 3.05) is 26.3 Å². The Morgan fingerprint density at radius 1 is 1.50 bits per heavy atom. The standard InChI is InChI=1S/C12H14N4O3S/c17-12(18)9-6-20-11(15-9)10(8-5-13-7-14-8)16-1-3-19-4-2-16/h5-7,10H,1-4H2,(H,13,14)(H,17,18). The zero-order chi connectivity index (χ0) is 13.9. The van der Waals surface area contributed by atoms with Crippen LogP contribution in [0.5, 0.6) is 0 Å². The largest absolute Gasteiger partial charge is 0.476 e. The van der Waals surface area contributed by atoms with E-state index in [0.29, 0.717) is 13.2 Å². The van der Waals surface area contributed by atoms with Gasteiger partial charge in [-0.1, -0.05) is 0 Å². The van der Waals surface area contributed by atoms with Crippen LogP contribution in [0.4, 0.5) is 0 Å². The molecule has 0 aliphatic carbocycles. The van der Waals surface area contributed by atoms with Gasteiger partial charge in [0.2, 0.25) is 0 Å². The third-order valence-corrected chi connectivity index (χ3v) is 4.10. The third-order valence-electron chi connectivity index (χ3n) is 3.20. The number of carboxylic acids is 1. The highest BCUT2D eigenvalue weighted by Crippen LogP contribution is 2.30. The quantitative estimate of drug-likeness (QED) is 0.873. The van der Waals surface area contributed by atoms with E-state index in [2.05, 4.69) is 19.9 Å². The van der Waals surface area contributed by atoms with Crippen molar-refractivity contribution in [2.45, 2.75) is 6.04 Å². The number of ether oxygens (including phenoxy) is 1. The Morgan fingerprint density at radius 2 is 2.30 bits per heavy atom. The van der Waals surface area contributed by atoms with E-state index >= 15 is 0 Å². The number of carbonyl (C=O) groups is 1. The zero-order valence-electron chi connectivity index (χ0n) is 10.7. The molecule has 20 heavy (non-hydrogen) atoms. The van der Waals surface area contributed by atoms with E-state index in [1.165, 1.54) is 11.3 Å². The zero-order valence-corrected chi connectivity index (χ0v) is 11.5. The molecule has 1 fully saturated rings. The van der Waals surface area contributed by atoms with Crippen LogP contribution in [0.1, 0.15) is 27.2 Å². The molecule has 0 bridgehead atoms. The molecule has 0 saturated carbocycles. The first-order valence-electron chi connectivity index (χ1n) is 6.24. The minimum absolute atomic E-state index is 0.0859. The molecule has 7 nitrogen and oxygen atoms in total. The summed E-state index contributed by atoms with van der Waals surface area (Å²) in [5, 5.41) is 11.3. The summed E-state index contributed by atoms with van der Waals surface area (Å²) in [6.45, 7) is 2.90. The van der Waals surface area contributed by atoms with E-state index in [0.717, 1.165) is 23.8 Å². The number of nitrogens with one attached hydrogen (secondary N) is 1. The molecule has 1 saturated heterocycles. The van der Waals surface area contributed by atoms with E-state index in [9.17, 15) is 4.79 Å². The summed E-state index contributed by atoms with van der Waals surface area (Å²) in [6.07, 6.45) is 3.37. The molecule has 1 aliphatic rings. The number of aromatic amines is 1. The Labute approximate surface area is 119 Å². The van der Waals surface area contributed by atoms with Crippen LogP contribution >= 0.6 is 11.3 Å². The molecule has 2 aromatic rings. The average molecular weight is 294 g/mol. The van der Waals surface area contributed by atoms with Crippen molar-refractivity contribution < 1.29 is 14.6 Å². The topological polar surface area (TPSA) is 91.3 Å². The van der Waals surface area contributed by atoms with Gasteiger partial charge in [0.25, 0.3) is 0 Å². The summed E-state index contributed by atoms with van der Waals surface area (Å²) in [5.41, 5.74) is 1.00. The minimum atomic E-state index is -1.00. The Morgan fingerprint density at radius 3 is 2.90 bits per heavy atom. The van der Waals surface area contributed by atoms with Crippen molar-refractivity contribution >= 4 is 17.3 Å². The number of hydrogen-bond acceptors (Lipinski definition) is 6. The SMILES string of the molecule is O=C(O)c1csc(C(c2cnc[nH]2)N2CCOCC2)n1. The first-order chi connectivity index (χ1) is 9.75. The number of aromatic carboxylic acids is 1. The number of carboxylic acid groups (broad SMARTS) is 1. The van der Waals surface area contributed by atoms with Crippen molar-refractivity contribution in [1.82, 2.24) is 19.9 Å². The lowest BCUT2D eigenvalue weighted by Crippen LogP contribution is -2.39. The normalized spacial score (nSPS) is 18.0. The summed E-state index contributed by atoms with van der Waals surface area (Å²) in [6, 6.07) is -0.0977. The van der Waals surface area contributed by atoms with Gasteiger partial charge in [0.15, 0.2) is 5.69 Å². The van der Waals surface area contributed by atoms with E-state index in [1.807, 2.05) is 0 Å². The second kappa shape index (κ2) is 5.70. The Balaban J connectivity index is 1.93. The van der Waals surface area contributed by atoms with Crippen LogP contribution in [0.25, 0.3) is 0 Å². The highest BCUT2D eigenvalue weighted by Gasteiger charge is 2.28. The molecule has 0 radical (unpaired) electrons. The van der Waals surface area contributed by atoms with Gasteiger partial charge in [0, 0.05) is 24.7 Å². The molecule has 0 spiro atoms. The minimum Gasteiger partial charge on any atom is -0.476 e.